The predicted molar refractivity (Wildman–Crippen MR) is 109 cm³/mol. The maximum atomic E-state index is 10.3. The van der Waals surface area contributed by atoms with Crippen LogP contribution >= 0.6 is 0 Å². The first-order chi connectivity index (χ1) is 14.1. The molecule has 1 saturated heterocycles. The van der Waals surface area contributed by atoms with Gasteiger partial charge in [0.25, 0.3) is 0 Å². The van der Waals surface area contributed by atoms with Crippen molar-refractivity contribution in [2.45, 2.75) is 64.1 Å². The Morgan fingerprint density at radius 3 is 2.45 bits per heavy atom. The van der Waals surface area contributed by atoms with Crippen LogP contribution in [0.25, 0.3) is 17.2 Å². The fourth-order valence-electron chi connectivity index (χ4n) is 3.45. The van der Waals surface area contributed by atoms with E-state index in [1.807, 2.05) is 6.08 Å². The van der Waals surface area contributed by atoms with E-state index in [9.17, 15) is 15.3 Å². The monoisotopic (exact) mass is 405 g/mol. The summed E-state index contributed by atoms with van der Waals surface area (Å²) < 4.78 is 7.17. The lowest BCUT2D eigenvalue weighted by molar-refractivity contribution is -0.0511. The number of unbranched alkanes of at least 4 members (excludes halogenated alkanes) is 2. The summed E-state index contributed by atoms with van der Waals surface area (Å²) in [5, 5.41) is 29.6. The number of aliphatic hydroxyl groups excluding tert-OH is 3. The number of fused-ring (bicyclic) bond motifs is 1. The van der Waals surface area contributed by atoms with Crippen LogP contribution < -0.4 is 0 Å². The van der Waals surface area contributed by atoms with Gasteiger partial charge in [-0.05, 0) is 18.9 Å². The van der Waals surface area contributed by atoms with Gasteiger partial charge in [0.2, 0.25) is 0 Å². The molecule has 0 aromatic carbocycles. The highest BCUT2D eigenvalue weighted by Crippen LogP contribution is 2.31. The Morgan fingerprint density at radius 1 is 1.10 bits per heavy atom. The maximum Gasteiger partial charge on any atom is 0.166 e. The van der Waals surface area contributed by atoms with E-state index in [2.05, 4.69) is 39.9 Å². The van der Waals surface area contributed by atoms with Crippen LogP contribution in [0.4, 0.5) is 0 Å². The summed E-state index contributed by atoms with van der Waals surface area (Å²) in [7, 11) is 0. The first-order valence-electron chi connectivity index (χ1n) is 10.3. The quantitative estimate of drug-likeness (QED) is 0.542. The molecule has 0 aliphatic carbocycles. The van der Waals surface area contributed by atoms with Crippen molar-refractivity contribution in [1.82, 2.24) is 24.4 Å². The Bertz CT molecular complexity index is 803. The van der Waals surface area contributed by atoms with Crippen LogP contribution in [0.1, 0.15) is 51.5 Å². The molecule has 29 heavy (non-hydrogen) atoms. The lowest BCUT2D eigenvalue weighted by atomic mass is 10.1. The molecule has 9 nitrogen and oxygen atoms in total. The number of aromatic nitrogens is 4. The Kier molecular flexibility index (Phi) is 7.54. The molecule has 3 heterocycles. The van der Waals surface area contributed by atoms with E-state index < -0.39 is 24.5 Å². The lowest BCUT2D eigenvalue weighted by Crippen LogP contribution is -2.33. The van der Waals surface area contributed by atoms with Crippen molar-refractivity contribution in [2.24, 2.45) is 0 Å². The van der Waals surface area contributed by atoms with Crippen LogP contribution in [0.3, 0.4) is 0 Å². The second-order valence-electron chi connectivity index (χ2n) is 7.37. The van der Waals surface area contributed by atoms with Gasteiger partial charge >= 0.3 is 0 Å². The first-order valence-corrected chi connectivity index (χ1v) is 10.3. The van der Waals surface area contributed by atoms with Crippen LogP contribution in [0.5, 0.6) is 0 Å². The summed E-state index contributed by atoms with van der Waals surface area (Å²) in [6.45, 7) is 5.98. The van der Waals surface area contributed by atoms with Gasteiger partial charge in [-0.15, -0.1) is 0 Å². The van der Waals surface area contributed by atoms with Crippen molar-refractivity contribution in [1.29, 1.82) is 0 Å². The summed E-state index contributed by atoms with van der Waals surface area (Å²) >= 11 is 0. The third kappa shape index (κ3) is 4.75. The van der Waals surface area contributed by atoms with Gasteiger partial charge in [0.1, 0.15) is 30.2 Å². The van der Waals surface area contributed by atoms with E-state index in [-0.39, 0.29) is 6.61 Å². The molecule has 1 aliphatic heterocycles. The number of imidazole rings is 1. The molecule has 4 atom stereocenters. The second kappa shape index (κ2) is 10.1. The minimum atomic E-state index is -1.18. The van der Waals surface area contributed by atoms with Gasteiger partial charge in [0.15, 0.2) is 11.9 Å². The summed E-state index contributed by atoms with van der Waals surface area (Å²) in [5.74, 6) is 0. The normalized spacial score (nSPS) is 24.7. The fourth-order valence-corrected chi connectivity index (χ4v) is 3.45. The van der Waals surface area contributed by atoms with E-state index in [0.29, 0.717) is 16.9 Å². The average molecular weight is 405 g/mol. The molecule has 0 saturated carbocycles. The third-order valence-electron chi connectivity index (χ3n) is 5.22. The van der Waals surface area contributed by atoms with Crippen molar-refractivity contribution >= 4 is 17.2 Å². The molecule has 2 aromatic rings. The molecule has 1 fully saturated rings. The molecule has 1 aliphatic rings. The SMILES string of the molecule is CCCCN(/C=C/c1ncnc2c1ncn2[C@@H]1O[C@H](CO)[C@@H](O)[C@H]1O)CCCC. The van der Waals surface area contributed by atoms with Crippen LogP contribution in [-0.4, -0.2) is 77.7 Å². The van der Waals surface area contributed by atoms with Gasteiger partial charge in [-0.25, -0.2) is 15.0 Å². The van der Waals surface area contributed by atoms with Gasteiger partial charge in [-0.3, -0.25) is 4.57 Å². The highest BCUT2D eigenvalue weighted by molar-refractivity contribution is 5.79. The zero-order valence-electron chi connectivity index (χ0n) is 17.1. The molecule has 2 aromatic heterocycles. The molecular weight excluding hydrogens is 374 g/mol. The van der Waals surface area contributed by atoms with Gasteiger partial charge in [-0.1, -0.05) is 26.7 Å². The molecular formula is C20H31N5O4. The van der Waals surface area contributed by atoms with Crippen molar-refractivity contribution in [2.75, 3.05) is 19.7 Å². The van der Waals surface area contributed by atoms with Crippen molar-refractivity contribution in [3.8, 4) is 0 Å². The molecule has 0 spiro atoms. The van der Waals surface area contributed by atoms with Gasteiger partial charge in [-0.2, -0.15) is 0 Å². The summed E-state index contributed by atoms with van der Waals surface area (Å²) in [6.07, 6.45) is 7.43. The number of aliphatic hydroxyl groups is 3. The van der Waals surface area contributed by atoms with E-state index in [1.54, 1.807) is 4.57 Å². The first kappa shape index (κ1) is 21.6. The predicted octanol–water partition coefficient (Wildman–Crippen LogP) is 1.31. The van der Waals surface area contributed by atoms with Gasteiger partial charge in [0.05, 0.1) is 18.6 Å². The minimum Gasteiger partial charge on any atom is -0.394 e. The number of ether oxygens (including phenoxy) is 1. The van der Waals surface area contributed by atoms with Crippen LogP contribution in [-0.2, 0) is 4.74 Å². The summed E-state index contributed by atoms with van der Waals surface area (Å²) in [4.78, 5) is 15.3. The molecule has 0 unspecified atom stereocenters. The minimum absolute atomic E-state index is 0.379. The topological polar surface area (TPSA) is 117 Å². The Balaban J connectivity index is 1.84. The standard InChI is InChI=1S/C20H31N5O4/c1-3-5-8-24(9-6-4-2)10-7-14-16-19(22-12-21-14)25(13-23-16)20-18(28)17(27)15(11-26)29-20/h7,10,12-13,15,17-18,20,26-28H,3-6,8-9,11H2,1-2H3/b10-7+/t15-,17-,18-,20-/m1/s1. The van der Waals surface area contributed by atoms with Crippen molar-refractivity contribution < 1.29 is 20.1 Å². The Morgan fingerprint density at radius 2 is 1.83 bits per heavy atom. The highest BCUT2D eigenvalue weighted by atomic mass is 16.6. The van der Waals surface area contributed by atoms with E-state index in [0.717, 1.165) is 38.8 Å². The maximum absolute atomic E-state index is 10.3. The summed E-state index contributed by atoms with van der Waals surface area (Å²) in [5.41, 5.74) is 1.77. The average Bonchev–Trinajstić information content (AvgIpc) is 3.29. The van der Waals surface area contributed by atoms with Gasteiger partial charge < -0.3 is 25.0 Å². The zero-order chi connectivity index (χ0) is 20.8. The van der Waals surface area contributed by atoms with Gasteiger partial charge in [0, 0.05) is 19.3 Å². The fraction of sp³-hybridized carbons (Fsp3) is 0.650. The van der Waals surface area contributed by atoms with Crippen LogP contribution in [0, 0.1) is 0 Å². The lowest BCUT2D eigenvalue weighted by Gasteiger charge is -2.19. The largest absolute Gasteiger partial charge is 0.394 e. The molecule has 3 N–H and O–H groups in total. The molecule has 3 rings (SSSR count). The van der Waals surface area contributed by atoms with E-state index in [4.69, 9.17) is 4.74 Å². The summed E-state index contributed by atoms with van der Waals surface area (Å²) in [6, 6.07) is 0. The number of hydrogen-bond acceptors (Lipinski definition) is 8. The van der Waals surface area contributed by atoms with Crippen LogP contribution in [0.15, 0.2) is 18.9 Å². The number of rotatable bonds is 10. The van der Waals surface area contributed by atoms with Crippen molar-refractivity contribution in [3.05, 3.63) is 24.5 Å². The highest BCUT2D eigenvalue weighted by Gasteiger charge is 2.43. The van der Waals surface area contributed by atoms with E-state index in [1.165, 1.54) is 12.7 Å². The Hall–Kier alpha value is -2.07. The second-order valence-corrected chi connectivity index (χ2v) is 7.37. The number of hydrogen-bond donors (Lipinski definition) is 3. The smallest absolute Gasteiger partial charge is 0.166 e. The molecule has 9 heteroatoms. The number of nitrogens with zero attached hydrogens (tertiary/aromatic N) is 5. The Labute approximate surface area is 170 Å². The molecule has 0 amide bonds. The third-order valence-corrected chi connectivity index (χ3v) is 5.22. The van der Waals surface area contributed by atoms with E-state index >= 15 is 0 Å². The zero-order valence-corrected chi connectivity index (χ0v) is 17.1. The molecule has 0 bridgehead atoms. The molecule has 160 valence electrons. The van der Waals surface area contributed by atoms with Crippen LogP contribution in [0.2, 0.25) is 0 Å². The van der Waals surface area contributed by atoms with Crippen molar-refractivity contribution in [3.63, 3.8) is 0 Å². The molecule has 0 radical (unpaired) electrons.